The minimum absolute atomic E-state index is 0.419. The van der Waals surface area contributed by atoms with Crippen molar-refractivity contribution in [3.05, 3.63) is 60.7 Å². The molecule has 128 valence electrons. The monoisotopic (exact) mass is 362 g/mol. The van der Waals surface area contributed by atoms with Crippen LogP contribution in [0.3, 0.4) is 0 Å². The lowest BCUT2D eigenvalue weighted by Gasteiger charge is -2.26. The van der Waals surface area contributed by atoms with Crippen LogP contribution in [-0.4, -0.2) is 23.8 Å². The largest absolute Gasteiger partial charge is 0.422 e. The maximum absolute atomic E-state index is 13.4. The van der Waals surface area contributed by atoms with Gasteiger partial charge in [-0.25, -0.2) is 9.56 Å². The quantitative estimate of drug-likeness (QED) is 0.335. The molecule has 0 fully saturated rings. The molecule has 2 aromatic carbocycles. The Morgan fingerprint density at radius 3 is 2.29 bits per heavy atom. The molecule has 24 heavy (non-hydrogen) atoms. The van der Waals surface area contributed by atoms with Crippen LogP contribution in [0.4, 0.5) is 5.69 Å². The van der Waals surface area contributed by atoms with Gasteiger partial charge in [-0.3, -0.25) is 4.67 Å². The summed E-state index contributed by atoms with van der Waals surface area (Å²) in [6, 6.07) is 18.8. The molecular weight excluding hydrogens is 339 g/mol. The van der Waals surface area contributed by atoms with Gasteiger partial charge in [0, 0.05) is 12.8 Å². The maximum Gasteiger partial charge on any atom is 0.402 e. The van der Waals surface area contributed by atoms with Gasteiger partial charge in [0.25, 0.3) is 0 Å². The van der Waals surface area contributed by atoms with Crippen LogP contribution in [0.25, 0.3) is 0 Å². The maximum atomic E-state index is 13.4. The number of nitrogens with zero attached hydrogens (tertiary/aromatic N) is 2. The lowest BCUT2D eigenvalue weighted by molar-refractivity contribution is 0.462. The van der Waals surface area contributed by atoms with Crippen molar-refractivity contribution in [1.82, 2.24) is 4.67 Å². The van der Waals surface area contributed by atoms with Crippen LogP contribution in [0.15, 0.2) is 65.7 Å². The van der Waals surface area contributed by atoms with Gasteiger partial charge in [0.2, 0.25) is 0 Å². The molecule has 6 heteroatoms. The van der Waals surface area contributed by atoms with Gasteiger partial charge in [-0.15, -0.1) is 0 Å². The number of rotatable bonds is 8. The van der Waals surface area contributed by atoms with E-state index in [2.05, 4.69) is 18.8 Å². The van der Waals surface area contributed by atoms with E-state index in [1.807, 2.05) is 60.7 Å². The average molecular weight is 362 g/mol. The third-order valence-corrected chi connectivity index (χ3v) is 7.93. The third-order valence-electron chi connectivity index (χ3n) is 3.05. The van der Waals surface area contributed by atoms with Crippen LogP contribution in [0.2, 0.25) is 0 Å². The van der Waals surface area contributed by atoms with Crippen molar-refractivity contribution in [3.63, 3.8) is 0 Å². The van der Waals surface area contributed by atoms with Crippen molar-refractivity contribution in [1.29, 1.82) is 0 Å². The topological polar surface area (TPSA) is 41.9 Å². The van der Waals surface area contributed by atoms with Gasteiger partial charge in [-0.05, 0) is 41.6 Å². The Kier molecular flexibility index (Phi) is 6.95. The van der Waals surface area contributed by atoms with Gasteiger partial charge in [-0.2, -0.15) is 0 Å². The van der Waals surface area contributed by atoms with Crippen LogP contribution in [0, 0.1) is 5.92 Å². The molecule has 1 atom stereocenters. The standard InChI is InChI=1S/C18H23N2O2PS/c1-16(2)14-24-23(21,22-18-12-8-5-9-13-18)20(3)15-19-17-10-6-4-7-11-17/h4-13,15-16H,14H2,1-3H3. The fraction of sp³-hybridized carbons (Fsp3) is 0.278. The molecular formula is C18H23N2O2PS. The van der Waals surface area contributed by atoms with Crippen molar-refractivity contribution in [2.45, 2.75) is 13.8 Å². The SMILES string of the molecule is CC(C)CSP(=O)(Oc1ccccc1)N(C)C=Nc1ccccc1. The number of hydrogen-bond donors (Lipinski definition) is 0. The van der Waals surface area contributed by atoms with Crippen molar-refractivity contribution >= 4 is 30.1 Å². The molecule has 0 aliphatic rings. The van der Waals surface area contributed by atoms with E-state index in [1.165, 1.54) is 11.4 Å². The van der Waals surface area contributed by atoms with E-state index < -0.39 is 6.72 Å². The van der Waals surface area contributed by atoms with Gasteiger partial charge in [0.05, 0.1) is 12.0 Å². The molecule has 0 saturated carbocycles. The lowest BCUT2D eigenvalue weighted by Crippen LogP contribution is -2.15. The first-order valence-corrected chi connectivity index (χ1v) is 11.0. The predicted octanol–water partition coefficient (Wildman–Crippen LogP) is 5.85. The normalized spacial score (nSPS) is 13.8. The van der Waals surface area contributed by atoms with Crippen molar-refractivity contribution in [2.75, 3.05) is 12.8 Å². The van der Waals surface area contributed by atoms with Crippen molar-refractivity contribution in [3.8, 4) is 5.75 Å². The van der Waals surface area contributed by atoms with Gasteiger partial charge >= 0.3 is 6.72 Å². The molecule has 0 bridgehead atoms. The summed E-state index contributed by atoms with van der Waals surface area (Å²) in [5.41, 5.74) is 0.810. The fourth-order valence-corrected chi connectivity index (χ4v) is 5.73. The molecule has 0 aromatic heterocycles. The van der Waals surface area contributed by atoms with E-state index in [9.17, 15) is 4.57 Å². The summed E-state index contributed by atoms with van der Waals surface area (Å²) in [6.07, 6.45) is 1.58. The second-order valence-corrected chi connectivity index (χ2v) is 10.2. The van der Waals surface area contributed by atoms with E-state index in [4.69, 9.17) is 4.52 Å². The Bertz CT molecular complexity index is 693. The van der Waals surface area contributed by atoms with Crippen LogP contribution < -0.4 is 4.52 Å². The zero-order chi connectivity index (χ0) is 17.4. The van der Waals surface area contributed by atoms with Crippen LogP contribution in [0.1, 0.15) is 13.8 Å². The molecule has 0 amide bonds. The summed E-state index contributed by atoms with van der Waals surface area (Å²) in [7, 11) is 1.74. The van der Waals surface area contributed by atoms with Crippen LogP contribution in [0.5, 0.6) is 5.75 Å². The summed E-state index contributed by atoms with van der Waals surface area (Å²) in [5.74, 6) is 1.76. The molecule has 4 nitrogen and oxygen atoms in total. The highest BCUT2D eigenvalue weighted by Crippen LogP contribution is 2.61. The highest BCUT2D eigenvalue weighted by molar-refractivity contribution is 8.56. The Labute approximate surface area is 148 Å². The summed E-state index contributed by atoms with van der Waals surface area (Å²) >= 11 is 1.34. The Morgan fingerprint density at radius 1 is 1.12 bits per heavy atom. The molecule has 0 aliphatic heterocycles. The minimum atomic E-state index is -3.12. The molecule has 0 spiro atoms. The first-order valence-electron chi connectivity index (χ1n) is 7.81. The molecule has 2 rings (SSSR count). The van der Waals surface area contributed by atoms with E-state index in [-0.39, 0.29) is 0 Å². The first-order chi connectivity index (χ1) is 11.5. The number of benzene rings is 2. The van der Waals surface area contributed by atoms with Gasteiger partial charge < -0.3 is 4.52 Å². The van der Waals surface area contributed by atoms with Crippen molar-refractivity contribution < 1.29 is 9.09 Å². The summed E-state index contributed by atoms with van der Waals surface area (Å²) in [6.45, 7) is 1.07. The van der Waals surface area contributed by atoms with Crippen LogP contribution >= 0.6 is 18.1 Å². The second kappa shape index (κ2) is 8.95. The first kappa shape index (κ1) is 18.6. The van der Waals surface area contributed by atoms with E-state index in [0.717, 1.165) is 11.4 Å². The molecule has 0 N–H and O–H groups in total. The summed E-state index contributed by atoms with van der Waals surface area (Å²) in [5, 5.41) is 0. The van der Waals surface area contributed by atoms with Gasteiger partial charge in [-0.1, -0.05) is 50.2 Å². The second-order valence-electron chi connectivity index (χ2n) is 5.72. The van der Waals surface area contributed by atoms with E-state index in [0.29, 0.717) is 11.7 Å². The average Bonchev–Trinajstić information content (AvgIpc) is 2.59. The molecule has 1 unspecified atom stereocenters. The third kappa shape index (κ3) is 5.73. The van der Waals surface area contributed by atoms with E-state index in [1.54, 1.807) is 18.1 Å². The smallest absolute Gasteiger partial charge is 0.402 e. The molecule has 0 radical (unpaired) electrons. The van der Waals surface area contributed by atoms with Crippen molar-refractivity contribution in [2.24, 2.45) is 10.9 Å². The molecule has 0 saturated heterocycles. The molecule has 0 heterocycles. The zero-order valence-electron chi connectivity index (χ0n) is 14.2. The fourth-order valence-electron chi connectivity index (χ4n) is 1.77. The number of hydrogen-bond acceptors (Lipinski definition) is 4. The summed E-state index contributed by atoms with van der Waals surface area (Å²) < 4.78 is 20.8. The molecule has 0 aliphatic carbocycles. The van der Waals surface area contributed by atoms with Gasteiger partial charge in [0.1, 0.15) is 5.75 Å². The minimum Gasteiger partial charge on any atom is -0.422 e. The Morgan fingerprint density at radius 2 is 1.71 bits per heavy atom. The predicted molar refractivity (Wildman–Crippen MR) is 104 cm³/mol. The highest BCUT2D eigenvalue weighted by Gasteiger charge is 2.30. The van der Waals surface area contributed by atoms with Gasteiger partial charge in [0.15, 0.2) is 0 Å². The highest BCUT2D eigenvalue weighted by atomic mass is 32.7. The molecule has 2 aromatic rings. The number of aliphatic imine (C=N–C) groups is 1. The van der Waals surface area contributed by atoms with E-state index >= 15 is 0 Å². The van der Waals surface area contributed by atoms with Crippen LogP contribution in [-0.2, 0) is 4.57 Å². The lowest BCUT2D eigenvalue weighted by atomic mass is 10.3. The zero-order valence-corrected chi connectivity index (χ0v) is 15.9. The Hall–Kier alpha value is -1.71. The Balaban J connectivity index is 2.17. The summed E-state index contributed by atoms with van der Waals surface area (Å²) in [4.78, 5) is 4.38. The number of para-hydroxylation sites is 2.